The third kappa shape index (κ3) is 3.25. The number of piperidine rings is 3. The molecule has 3 saturated heterocycles. The van der Waals surface area contributed by atoms with Gasteiger partial charge in [-0.05, 0) is 43.4 Å². The van der Waals surface area contributed by atoms with E-state index in [1.54, 1.807) is 6.07 Å². The monoisotopic (exact) mass is 385 g/mol. The number of aromatic nitrogens is 1. The summed E-state index contributed by atoms with van der Waals surface area (Å²) in [6.07, 6.45) is 13.2. The summed E-state index contributed by atoms with van der Waals surface area (Å²) in [7, 11) is 0. The fourth-order valence-corrected chi connectivity index (χ4v) is 6.49. The van der Waals surface area contributed by atoms with Crippen LogP contribution in [0.2, 0.25) is 0 Å². The second-order valence-corrected chi connectivity index (χ2v) is 9.41. The largest absolute Gasteiger partial charge is 0.351 e. The number of carbonyl (C=O) groups excluding carboxylic acids is 2. The van der Waals surface area contributed by atoms with Crippen LogP contribution in [0.4, 0.5) is 0 Å². The molecule has 4 aliphatic rings. The highest BCUT2D eigenvalue weighted by Crippen LogP contribution is 2.44. The van der Waals surface area contributed by atoms with Crippen molar-refractivity contribution in [1.29, 1.82) is 0 Å². The smallest absolute Gasteiger partial charge is 0.292 e. The summed E-state index contributed by atoms with van der Waals surface area (Å²) >= 11 is 0. The van der Waals surface area contributed by atoms with Crippen LogP contribution in [-0.2, 0) is 4.79 Å². The Balaban J connectivity index is 1.40. The van der Waals surface area contributed by atoms with Gasteiger partial charge in [-0.1, -0.05) is 37.3 Å². The molecule has 4 atom stereocenters. The van der Waals surface area contributed by atoms with Crippen LogP contribution in [0.5, 0.6) is 0 Å². The molecule has 152 valence electrons. The quantitative estimate of drug-likeness (QED) is 0.799. The molecule has 0 N–H and O–H groups in total. The van der Waals surface area contributed by atoms with Crippen LogP contribution in [0.25, 0.3) is 0 Å². The van der Waals surface area contributed by atoms with Crippen molar-refractivity contribution in [3.63, 3.8) is 0 Å². The van der Waals surface area contributed by atoms with Crippen LogP contribution >= 0.6 is 0 Å². The van der Waals surface area contributed by atoms with Crippen LogP contribution in [0.3, 0.4) is 0 Å². The molecule has 0 spiro atoms. The van der Waals surface area contributed by atoms with Gasteiger partial charge in [0.05, 0.1) is 6.20 Å². The van der Waals surface area contributed by atoms with Gasteiger partial charge in [0.2, 0.25) is 11.7 Å². The van der Waals surface area contributed by atoms with E-state index in [4.69, 9.17) is 4.52 Å². The molecular weight excluding hydrogens is 354 g/mol. The Bertz CT molecular complexity index is 713. The van der Waals surface area contributed by atoms with E-state index < -0.39 is 0 Å². The van der Waals surface area contributed by atoms with E-state index in [2.05, 4.69) is 10.1 Å². The van der Waals surface area contributed by atoms with Gasteiger partial charge in [0.15, 0.2) is 0 Å². The number of rotatable bonds is 3. The van der Waals surface area contributed by atoms with Gasteiger partial charge < -0.3 is 14.3 Å². The number of likely N-dealkylation sites (tertiary alicyclic amines) is 1. The summed E-state index contributed by atoms with van der Waals surface area (Å²) in [6, 6.07) is 2.28. The number of hydrogen-bond acceptors (Lipinski definition) is 4. The predicted octanol–water partition coefficient (Wildman–Crippen LogP) is 3.49. The molecule has 6 heteroatoms. The molecule has 2 amide bonds. The summed E-state index contributed by atoms with van der Waals surface area (Å²) < 4.78 is 5.14. The molecule has 1 aromatic heterocycles. The zero-order valence-electron chi connectivity index (χ0n) is 16.6. The van der Waals surface area contributed by atoms with Crippen molar-refractivity contribution in [2.24, 2.45) is 17.8 Å². The van der Waals surface area contributed by atoms with Crippen LogP contribution in [-0.4, -0.2) is 51.9 Å². The number of nitrogens with zero attached hydrogens (tertiary/aromatic N) is 3. The van der Waals surface area contributed by atoms with Crippen molar-refractivity contribution in [2.45, 2.75) is 76.3 Å². The second kappa shape index (κ2) is 7.53. The van der Waals surface area contributed by atoms with Gasteiger partial charge in [0.1, 0.15) is 0 Å². The van der Waals surface area contributed by atoms with Gasteiger partial charge in [0, 0.05) is 37.7 Å². The zero-order chi connectivity index (χ0) is 19.1. The molecule has 4 heterocycles. The van der Waals surface area contributed by atoms with Crippen molar-refractivity contribution in [1.82, 2.24) is 15.0 Å². The summed E-state index contributed by atoms with van der Waals surface area (Å²) in [5.74, 6) is 2.19. The van der Waals surface area contributed by atoms with Gasteiger partial charge in [-0.2, -0.15) is 0 Å². The Morgan fingerprint density at radius 1 is 1.11 bits per heavy atom. The molecule has 5 rings (SSSR count). The molecule has 3 aliphatic heterocycles. The molecular formula is C22H31N3O3. The Hall–Kier alpha value is -1.85. The van der Waals surface area contributed by atoms with Crippen LogP contribution in [0.1, 0.15) is 74.8 Å². The van der Waals surface area contributed by atoms with Crippen molar-refractivity contribution in [2.75, 3.05) is 13.1 Å². The van der Waals surface area contributed by atoms with Crippen molar-refractivity contribution < 1.29 is 14.1 Å². The maximum atomic E-state index is 12.9. The van der Waals surface area contributed by atoms with E-state index >= 15 is 0 Å². The lowest BCUT2D eigenvalue weighted by atomic mass is 9.69. The fourth-order valence-electron chi connectivity index (χ4n) is 6.49. The van der Waals surface area contributed by atoms with E-state index in [-0.39, 0.29) is 5.91 Å². The molecule has 1 aliphatic carbocycles. The first-order chi connectivity index (χ1) is 13.7. The van der Waals surface area contributed by atoms with E-state index in [1.165, 1.54) is 38.3 Å². The first-order valence-electron chi connectivity index (χ1n) is 11.2. The third-order valence-electron chi connectivity index (χ3n) is 7.73. The highest BCUT2D eigenvalue weighted by Gasteiger charge is 2.50. The van der Waals surface area contributed by atoms with Crippen LogP contribution < -0.4 is 0 Å². The van der Waals surface area contributed by atoms with Gasteiger partial charge in [0.25, 0.3) is 5.91 Å². The zero-order valence-corrected chi connectivity index (χ0v) is 16.6. The minimum absolute atomic E-state index is 0.0424. The van der Waals surface area contributed by atoms with Crippen molar-refractivity contribution >= 4 is 11.8 Å². The van der Waals surface area contributed by atoms with Crippen LogP contribution in [0, 0.1) is 17.8 Å². The first kappa shape index (κ1) is 18.2. The van der Waals surface area contributed by atoms with Crippen LogP contribution in [0.15, 0.2) is 16.8 Å². The maximum absolute atomic E-state index is 12.9. The maximum Gasteiger partial charge on any atom is 0.292 e. The highest BCUT2D eigenvalue weighted by molar-refractivity contribution is 5.91. The minimum Gasteiger partial charge on any atom is -0.351 e. The molecule has 6 nitrogen and oxygen atoms in total. The van der Waals surface area contributed by atoms with Gasteiger partial charge in [-0.25, -0.2) is 0 Å². The summed E-state index contributed by atoms with van der Waals surface area (Å²) in [5, 5.41) is 3.70. The molecule has 0 radical (unpaired) electrons. The Morgan fingerprint density at radius 3 is 2.71 bits per heavy atom. The second-order valence-electron chi connectivity index (χ2n) is 9.41. The lowest BCUT2D eigenvalue weighted by molar-refractivity contribution is -0.153. The number of carbonyl (C=O) groups is 2. The molecule has 28 heavy (non-hydrogen) atoms. The van der Waals surface area contributed by atoms with Gasteiger partial charge >= 0.3 is 0 Å². The third-order valence-corrected chi connectivity index (χ3v) is 7.73. The van der Waals surface area contributed by atoms with E-state index in [0.717, 1.165) is 44.7 Å². The Kier molecular flexibility index (Phi) is 4.89. The molecule has 2 bridgehead atoms. The predicted molar refractivity (Wildman–Crippen MR) is 103 cm³/mol. The fraction of sp³-hybridized carbons (Fsp3) is 0.773. The minimum atomic E-state index is -0.0424. The Morgan fingerprint density at radius 2 is 1.93 bits per heavy atom. The molecule has 4 fully saturated rings. The molecule has 0 aromatic carbocycles. The van der Waals surface area contributed by atoms with Crippen molar-refractivity contribution in [3.8, 4) is 0 Å². The number of hydrogen-bond donors (Lipinski definition) is 0. The van der Waals surface area contributed by atoms with E-state index in [1.807, 2.05) is 4.90 Å². The summed E-state index contributed by atoms with van der Waals surface area (Å²) in [6.45, 7) is 1.48. The van der Waals surface area contributed by atoms with Gasteiger partial charge in [-0.15, -0.1) is 0 Å². The molecule has 0 unspecified atom stereocenters. The number of amides is 2. The lowest BCUT2D eigenvalue weighted by Crippen LogP contribution is -2.65. The average molecular weight is 386 g/mol. The summed E-state index contributed by atoms with van der Waals surface area (Å²) in [5.41, 5.74) is 0. The SMILES string of the molecule is O=C(c1ccno1)N1C[C@H]2C[C@@H](C1)[C@H](CC1CCCCC1)N1C(=O)CCC[C@@H]21. The summed E-state index contributed by atoms with van der Waals surface area (Å²) in [4.78, 5) is 30.1. The average Bonchev–Trinajstić information content (AvgIpc) is 3.26. The molecule has 1 aromatic rings. The Labute approximate surface area is 166 Å². The van der Waals surface area contributed by atoms with Crippen molar-refractivity contribution in [3.05, 3.63) is 18.0 Å². The number of fused-ring (bicyclic) bond motifs is 4. The standard InChI is InChI=1S/C22H31N3O3/c26-21-8-4-7-18-16-12-17(14-24(13-16)22(27)20-9-10-23-28-20)19(25(18)21)11-15-5-2-1-3-6-15/h9-10,15-19H,1-8,11-14H2/t16-,17+,18+,19+/m1/s1. The highest BCUT2D eigenvalue weighted by atomic mass is 16.5. The lowest BCUT2D eigenvalue weighted by Gasteiger charge is -2.57. The topological polar surface area (TPSA) is 66.7 Å². The van der Waals surface area contributed by atoms with E-state index in [0.29, 0.717) is 42.0 Å². The van der Waals surface area contributed by atoms with Gasteiger partial charge in [-0.3, -0.25) is 9.59 Å². The normalized spacial score (nSPS) is 33.6. The molecule has 1 saturated carbocycles. The first-order valence-corrected chi connectivity index (χ1v) is 11.2. The van der Waals surface area contributed by atoms with E-state index in [9.17, 15) is 9.59 Å².